The molecule has 2 aromatic carbocycles. The number of benzene rings is 2. The highest BCUT2D eigenvalue weighted by Gasteiger charge is 2.10. The summed E-state index contributed by atoms with van der Waals surface area (Å²) in [5.41, 5.74) is 1.51. The van der Waals surface area contributed by atoms with Gasteiger partial charge in [0.05, 0.1) is 16.8 Å². The van der Waals surface area contributed by atoms with Gasteiger partial charge in [0.2, 0.25) is 5.91 Å². The number of ether oxygens (including phenoxy) is 1. The number of thiazole rings is 1. The van der Waals surface area contributed by atoms with E-state index < -0.39 is 0 Å². The van der Waals surface area contributed by atoms with Crippen LogP contribution in [0.25, 0.3) is 10.2 Å². The minimum Gasteiger partial charge on any atom is -0.494 e. The van der Waals surface area contributed by atoms with Crippen molar-refractivity contribution in [1.29, 1.82) is 0 Å². The highest BCUT2D eigenvalue weighted by Crippen LogP contribution is 2.29. The molecule has 0 atom stereocenters. The molecule has 0 saturated heterocycles. The number of carbonyl (C=O) groups excluding carboxylic acids is 2. The van der Waals surface area contributed by atoms with Crippen molar-refractivity contribution in [2.75, 3.05) is 11.9 Å². The largest absolute Gasteiger partial charge is 0.494 e. The molecule has 0 spiro atoms. The molecule has 1 amide bonds. The van der Waals surface area contributed by atoms with Crippen LogP contribution in [0.15, 0.2) is 48.5 Å². The predicted molar refractivity (Wildman–Crippen MR) is 104 cm³/mol. The standard InChI is InChI=1S/C20H20N2O3S/c1-2-25-15-11-12-16-18(13-15)26-20(21-16)22-19(24)10-6-9-17(23)14-7-4-3-5-8-14/h3-5,7-8,11-13H,2,6,9-10H2,1H3,(H,21,22,24). The highest BCUT2D eigenvalue weighted by atomic mass is 32.1. The van der Waals surface area contributed by atoms with Gasteiger partial charge in [-0.25, -0.2) is 4.98 Å². The second-order valence-corrected chi connectivity index (χ2v) is 6.80. The van der Waals surface area contributed by atoms with Crippen molar-refractivity contribution in [3.8, 4) is 5.75 Å². The van der Waals surface area contributed by atoms with Crippen LogP contribution in [-0.4, -0.2) is 23.3 Å². The molecule has 134 valence electrons. The maximum absolute atomic E-state index is 12.1. The van der Waals surface area contributed by atoms with Crippen molar-refractivity contribution in [1.82, 2.24) is 4.98 Å². The predicted octanol–water partition coefficient (Wildman–Crippen LogP) is 4.69. The lowest BCUT2D eigenvalue weighted by molar-refractivity contribution is -0.116. The maximum Gasteiger partial charge on any atom is 0.226 e. The van der Waals surface area contributed by atoms with E-state index in [4.69, 9.17) is 4.74 Å². The Kier molecular flexibility index (Phi) is 5.96. The Morgan fingerprint density at radius 3 is 2.69 bits per heavy atom. The van der Waals surface area contributed by atoms with E-state index in [0.717, 1.165) is 16.0 Å². The lowest BCUT2D eigenvalue weighted by Gasteiger charge is -2.02. The zero-order valence-electron chi connectivity index (χ0n) is 14.5. The molecule has 26 heavy (non-hydrogen) atoms. The van der Waals surface area contributed by atoms with E-state index >= 15 is 0 Å². The Morgan fingerprint density at radius 1 is 1.12 bits per heavy atom. The first-order valence-electron chi connectivity index (χ1n) is 8.57. The molecule has 0 saturated carbocycles. The normalized spacial score (nSPS) is 10.7. The summed E-state index contributed by atoms with van der Waals surface area (Å²) in [6, 6.07) is 14.8. The lowest BCUT2D eigenvalue weighted by atomic mass is 10.1. The smallest absolute Gasteiger partial charge is 0.226 e. The second kappa shape index (κ2) is 8.58. The number of amides is 1. The third kappa shape index (κ3) is 4.67. The SMILES string of the molecule is CCOc1ccc2nc(NC(=O)CCCC(=O)c3ccccc3)sc2c1. The minimum absolute atomic E-state index is 0.0573. The summed E-state index contributed by atoms with van der Waals surface area (Å²) < 4.78 is 6.44. The molecule has 1 N–H and O–H groups in total. The van der Waals surface area contributed by atoms with Crippen LogP contribution in [0.4, 0.5) is 5.13 Å². The van der Waals surface area contributed by atoms with Crippen LogP contribution >= 0.6 is 11.3 Å². The molecule has 0 radical (unpaired) electrons. The zero-order chi connectivity index (χ0) is 18.4. The number of ketones is 1. The highest BCUT2D eigenvalue weighted by molar-refractivity contribution is 7.22. The van der Waals surface area contributed by atoms with Crippen LogP contribution in [0.1, 0.15) is 36.5 Å². The summed E-state index contributed by atoms with van der Waals surface area (Å²) in [6.45, 7) is 2.54. The Labute approximate surface area is 156 Å². The van der Waals surface area contributed by atoms with E-state index in [9.17, 15) is 9.59 Å². The van der Waals surface area contributed by atoms with Crippen molar-refractivity contribution < 1.29 is 14.3 Å². The van der Waals surface area contributed by atoms with Crippen LogP contribution < -0.4 is 10.1 Å². The zero-order valence-corrected chi connectivity index (χ0v) is 15.3. The monoisotopic (exact) mass is 368 g/mol. The fraction of sp³-hybridized carbons (Fsp3) is 0.250. The first-order chi connectivity index (χ1) is 12.7. The second-order valence-electron chi connectivity index (χ2n) is 5.77. The Hall–Kier alpha value is -2.73. The summed E-state index contributed by atoms with van der Waals surface area (Å²) in [5.74, 6) is 0.720. The van der Waals surface area contributed by atoms with E-state index in [1.165, 1.54) is 11.3 Å². The molecular weight excluding hydrogens is 348 g/mol. The summed E-state index contributed by atoms with van der Waals surface area (Å²) >= 11 is 1.41. The van der Waals surface area contributed by atoms with Crippen molar-refractivity contribution in [2.24, 2.45) is 0 Å². The van der Waals surface area contributed by atoms with E-state index in [0.29, 0.717) is 36.6 Å². The van der Waals surface area contributed by atoms with Crippen molar-refractivity contribution in [3.05, 3.63) is 54.1 Å². The van der Waals surface area contributed by atoms with Gasteiger partial charge in [0.15, 0.2) is 10.9 Å². The number of aromatic nitrogens is 1. The summed E-state index contributed by atoms with van der Waals surface area (Å²) in [4.78, 5) is 28.5. The van der Waals surface area contributed by atoms with E-state index in [2.05, 4.69) is 10.3 Å². The minimum atomic E-state index is -0.130. The Morgan fingerprint density at radius 2 is 1.92 bits per heavy atom. The molecule has 0 bridgehead atoms. The topological polar surface area (TPSA) is 68.3 Å². The number of anilines is 1. The van der Waals surface area contributed by atoms with Gasteiger partial charge in [-0.3, -0.25) is 9.59 Å². The average molecular weight is 368 g/mol. The van der Waals surface area contributed by atoms with E-state index in [-0.39, 0.29) is 11.7 Å². The molecule has 1 heterocycles. The van der Waals surface area contributed by atoms with E-state index in [1.54, 1.807) is 12.1 Å². The number of rotatable bonds is 8. The molecule has 3 aromatic rings. The molecule has 6 heteroatoms. The molecule has 0 aliphatic rings. The molecule has 0 aliphatic carbocycles. The van der Waals surface area contributed by atoms with Gasteiger partial charge in [-0.15, -0.1) is 0 Å². The molecule has 0 aliphatic heterocycles. The number of Topliss-reactive ketones (excluding diaryl/α,β-unsaturated/α-hetero) is 1. The van der Waals surface area contributed by atoms with Crippen LogP contribution in [-0.2, 0) is 4.79 Å². The summed E-state index contributed by atoms with van der Waals surface area (Å²) in [6.07, 6.45) is 1.16. The van der Waals surface area contributed by atoms with E-state index in [1.807, 2.05) is 43.3 Å². The van der Waals surface area contributed by atoms with Crippen molar-refractivity contribution in [2.45, 2.75) is 26.2 Å². The molecule has 0 fully saturated rings. The number of hydrogen-bond donors (Lipinski definition) is 1. The third-order valence-corrected chi connectivity index (χ3v) is 4.75. The van der Waals surface area contributed by atoms with Crippen LogP contribution in [0.5, 0.6) is 5.75 Å². The number of nitrogens with zero attached hydrogens (tertiary/aromatic N) is 1. The molecule has 5 nitrogen and oxygen atoms in total. The van der Waals surface area contributed by atoms with Gasteiger partial charge in [0, 0.05) is 18.4 Å². The van der Waals surface area contributed by atoms with Gasteiger partial charge < -0.3 is 10.1 Å². The number of nitrogens with one attached hydrogen (secondary N) is 1. The van der Waals surface area contributed by atoms with Crippen molar-refractivity contribution >= 4 is 38.4 Å². The first kappa shape index (κ1) is 18.1. The fourth-order valence-corrected chi connectivity index (χ4v) is 3.49. The third-order valence-electron chi connectivity index (χ3n) is 3.82. The van der Waals surface area contributed by atoms with Crippen molar-refractivity contribution in [3.63, 3.8) is 0 Å². The van der Waals surface area contributed by atoms with Gasteiger partial charge in [-0.2, -0.15) is 0 Å². The number of hydrogen-bond acceptors (Lipinski definition) is 5. The van der Waals surface area contributed by atoms with Gasteiger partial charge in [0.1, 0.15) is 5.75 Å². The van der Waals surface area contributed by atoms with Gasteiger partial charge >= 0.3 is 0 Å². The average Bonchev–Trinajstić information content (AvgIpc) is 3.04. The van der Waals surface area contributed by atoms with Crippen LogP contribution in [0, 0.1) is 0 Å². The quantitative estimate of drug-likeness (QED) is 0.586. The van der Waals surface area contributed by atoms with Gasteiger partial charge in [0.25, 0.3) is 0 Å². The molecular formula is C20H20N2O3S. The Balaban J connectivity index is 1.51. The first-order valence-corrected chi connectivity index (χ1v) is 9.39. The molecule has 3 rings (SSSR count). The number of carbonyl (C=O) groups is 2. The van der Waals surface area contributed by atoms with Crippen LogP contribution in [0.2, 0.25) is 0 Å². The van der Waals surface area contributed by atoms with Gasteiger partial charge in [-0.1, -0.05) is 41.7 Å². The lowest BCUT2D eigenvalue weighted by Crippen LogP contribution is -2.11. The summed E-state index contributed by atoms with van der Waals surface area (Å²) in [5, 5.41) is 3.38. The van der Waals surface area contributed by atoms with Gasteiger partial charge in [-0.05, 0) is 31.5 Å². The fourth-order valence-electron chi connectivity index (χ4n) is 2.57. The maximum atomic E-state index is 12.1. The Bertz CT molecular complexity index is 906. The van der Waals surface area contributed by atoms with Crippen LogP contribution in [0.3, 0.4) is 0 Å². The number of fused-ring (bicyclic) bond motifs is 1. The summed E-state index contributed by atoms with van der Waals surface area (Å²) in [7, 11) is 0. The molecule has 1 aromatic heterocycles. The molecule has 0 unspecified atom stereocenters.